The first-order valence-corrected chi connectivity index (χ1v) is 6.61. The predicted molar refractivity (Wildman–Crippen MR) is 77.4 cm³/mol. The molecule has 0 amide bonds. The molecule has 0 spiro atoms. The van der Waals surface area contributed by atoms with Crippen LogP contribution in [0.5, 0.6) is 5.75 Å². The fourth-order valence-electron chi connectivity index (χ4n) is 2.46. The van der Waals surface area contributed by atoms with Gasteiger partial charge >= 0.3 is 0 Å². The minimum Gasteiger partial charge on any atom is -0.485 e. The number of ether oxygens (including phenoxy) is 1. The highest BCUT2D eigenvalue weighted by molar-refractivity contribution is 5.60. The van der Waals surface area contributed by atoms with Gasteiger partial charge in [-0.15, -0.1) is 0 Å². The first-order chi connectivity index (χ1) is 9.36. The van der Waals surface area contributed by atoms with Gasteiger partial charge in [-0.3, -0.25) is 0 Å². The SMILES string of the molecule is NC[C@H]1CN(Cc2ccccc2)c2ccccc2O1. The number of nitrogens with two attached hydrogens (primary N) is 1. The van der Waals surface area contributed by atoms with Gasteiger partial charge in [-0.05, 0) is 17.7 Å². The average Bonchev–Trinajstić information content (AvgIpc) is 2.48. The van der Waals surface area contributed by atoms with Crippen molar-refractivity contribution in [3.63, 3.8) is 0 Å². The number of rotatable bonds is 3. The van der Waals surface area contributed by atoms with Crippen LogP contribution in [0.1, 0.15) is 5.56 Å². The molecule has 1 aliphatic heterocycles. The number of benzene rings is 2. The van der Waals surface area contributed by atoms with E-state index in [2.05, 4.69) is 35.2 Å². The van der Waals surface area contributed by atoms with Gasteiger partial charge in [0, 0.05) is 13.1 Å². The number of hydrogen-bond acceptors (Lipinski definition) is 3. The van der Waals surface area contributed by atoms with Gasteiger partial charge in [0.1, 0.15) is 11.9 Å². The molecule has 98 valence electrons. The third-order valence-corrected chi connectivity index (χ3v) is 3.40. The lowest BCUT2D eigenvalue weighted by Crippen LogP contribution is -2.43. The molecule has 3 nitrogen and oxygen atoms in total. The van der Waals surface area contributed by atoms with Crippen molar-refractivity contribution >= 4 is 5.69 Å². The Balaban J connectivity index is 1.88. The van der Waals surface area contributed by atoms with Crippen LogP contribution in [0, 0.1) is 0 Å². The summed E-state index contributed by atoms with van der Waals surface area (Å²) in [5, 5.41) is 0. The summed E-state index contributed by atoms with van der Waals surface area (Å²) in [5.41, 5.74) is 8.21. The molecular formula is C16H18N2O. The highest BCUT2D eigenvalue weighted by Crippen LogP contribution is 2.33. The van der Waals surface area contributed by atoms with Gasteiger partial charge in [-0.1, -0.05) is 42.5 Å². The molecule has 0 aromatic heterocycles. The molecule has 2 N–H and O–H groups in total. The van der Waals surface area contributed by atoms with E-state index in [0.29, 0.717) is 6.54 Å². The highest BCUT2D eigenvalue weighted by Gasteiger charge is 2.24. The number of nitrogens with zero attached hydrogens (tertiary/aromatic N) is 1. The summed E-state index contributed by atoms with van der Waals surface area (Å²) < 4.78 is 5.88. The number of hydrogen-bond donors (Lipinski definition) is 1. The summed E-state index contributed by atoms with van der Waals surface area (Å²) in [6, 6.07) is 18.6. The minimum atomic E-state index is 0.0682. The summed E-state index contributed by atoms with van der Waals surface area (Å²) in [6.45, 7) is 2.26. The summed E-state index contributed by atoms with van der Waals surface area (Å²) >= 11 is 0. The molecule has 2 aromatic rings. The molecule has 19 heavy (non-hydrogen) atoms. The Morgan fingerprint density at radius 1 is 1.05 bits per heavy atom. The molecule has 1 atom stereocenters. The largest absolute Gasteiger partial charge is 0.485 e. The van der Waals surface area contributed by atoms with Gasteiger partial charge in [-0.2, -0.15) is 0 Å². The topological polar surface area (TPSA) is 38.5 Å². The van der Waals surface area contributed by atoms with Crippen molar-refractivity contribution < 1.29 is 4.74 Å². The maximum Gasteiger partial charge on any atom is 0.143 e. The molecule has 2 aromatic carbocycles. The van der Waals surface area contributed by atoms with Crippen LogP contribution in [-0.2, 0) is 6.54 Å². The lowest BCUT2D eigenvalue weighted by molar-refractivity contribution is 0.200. The maximum atomic E-state index is 5.88. The van der Waals surface area contributed by atoms with Gasteiger partial charge in [-0.25, -0.2) is 0 Å². The number of anilines is 1. The van der Waals surface area contributed by atoms with Crippen molar-refractivity contribution in [1.29, 1.82) is 0 Å². The van der Waals surface area contributed by atoms with Crippen LogP contribution in [0.15, 0.2) is 54.6 Å². The van der Waals surface area contributed by atoms with Gasteiger partial charge in [0.2, 0.25) is 0 Å². The van der Waals surface area contributed by atoms with E-state index in [1.807, 2.05) is 24.3 Å². The quantitative estimate of drug-likeness (QED) is 0.914. The number of fused-ring (bicyclic) bond motifs is 1. The Kier molecular flexibility index (Phi) is 3.38. The zero-order chi connectivity index (χ0) is 13.1. The Morgan fingerprint density at radius 2 is 1.79 bits per heavy atom. The molecule has 0 aliphatic carbocycles. The van der Waals surface area contributed by atoms with Crippen molar-refractivity contribution in [3.8, 4) is 5.75 Å². The second-order valence-corrected chi connectivity index (χ2v) is 4.81. The molecule has 3 heteroatoms. The van der Waals surface area contributed by atoms with Gasteiger partial charge < -0.3 is 15.4 Å². The molecule has 0 fully saturated rings. The summed E-state index contributed by atoms with van der Waals surface area (Å²) in [6.07, 6.45) is 0.0682. The van der Waals surface area contributed by atoms with E-state index in [0.717, 1.165) is 24.5 Å². The van der Waals surface area contributed by atoms with E-state index in [4.69, 9.17) is 10.5 Å². The monoisotopic (exact) mass is 254 g/mol. The van der Waals surface area contributed by atoms with Crippen molar-refractivity contribution in [2.24, 2.45) is 5.73 Å². The Hall–Kier alpha value is -2.00. The van der Waals surface area contributed by atoms with Gasteiger partial charge in [0.25, 0.3) is 0 Å². The second-order valence-electron chi connectivity index (χ2n) is 4.81. The minimum absolute atomic E-state index is 0.0682. The molecule has 0 unspecified atom stereocenters. The fourth-order valence-corrected chi connectivity index (χ4v) is 2.46. The number of para-hydroxylation sites is 2. The Bertz CT molecular complexity index is 541. The summed E-state index contributed by atoms with van der Waals surface area (Å²) in [5.74, 6) is 0.931. The lowest BCUT2D eigenvalue weighted by atomic mass is 10.1. The zero-order valence-electron chi connectivity index (χ0n) is 10.8. The first-order valence-electron chi connectivity index (χ1n) is 6.61. The second kappa shape index (κ2) is 5.33. The first kappa shape index (κ1) is 12.1. The van der Waals surface area contributed by atoms with Crippen LogP contribution in [0.4, 0.5) is 5.69 Å². The normalized spacial score (nSPS) is 17.7. The van der Waals surface area contributed by atoms with Crippen molar-refractivity contribution in [2.45, 2.75) is 12.6 Å². The zero-order valence-corrected chi connectivity index (χ0v) is 10.8. The fraction of sp³-hybridized carbons (Fsp3) is 0.250. The van der Waals surface area contributed by atoms with Crippen LogP contribution in [0.2, 0.25) is 0 Å². The maximum absolute atomic E-state index is 5.88. The van der Waals surface area contributed by atoms with Crippen LogP contribution in [0.3, 0.4) is 0 Å². The van der Waals surface area contributed by atoms with E-state index in [1.54, 1.807) is 0 Å². The van der Waals surface area contributed by atoms with Crippen LogP contribution >= 0.6 is 0 Å². The van der Waals surface area contributed by atoms with Gasteiger partial charge in [0.15, 0.2) is 0 Å². The summed E-state index contributed by atoms with van der Waals surface area (Å²) in [7, 11) is 0. The molecule has 1 heterocycles. The molecule has 1 aliphatic rings. The molecule has 0 saturated carbocycles. The predicted octanol–water partition coefficient (Wildman–Crippen LogP) is 2.41. The molecule has 0 radical (unpaired) electrons. The van der Waals surface area contributed by atoms with E-state index >= 15 is 0 Å². The van der Waals surface area contributed by atoms with Crippen LogP contribution in [-0.4, -0.2) is 19.2 Å². The van der Waals surface area contributed by atoms with E-state index in [9.17, 15) is 0 Å². The molecule has 3 rings (SSSR count). The third-order valence-electron chi connectivity index (χ3n) is 3.40. The van der Waals surface area contributed by atoms with E-state index < -0.39 is 0 Å². The van der Waals surface area contributed by atoms with Crippen molar-refractivity contribution in [1.82, 2.24) is 0 Å². The van der Waals surface area contributed by atoms with E-state index in [-0.39, 0.29) is 6.10 Å². The van der Waals surface area contributed by atoms with Crippen molar-refractivity contribution in [2.75, 3.05) is 18.0 Å². The van der Waals surface area contributed by atoms with Crippen LogP contribution < -0.4 is 15.4 Å². The van der Waals surface area contributed by atoms with Gasteiger partial charge in [0.05, 0.1) is 12.2 Å². The van der Waals surface area contributed by atoms with Crippen molar-refractivity contribution in [3.05, 3.63) is 60.2 Å². The standard InChI is InChI=1S/C16H18N2O/c17-10-14-12-18(11-13-6-2-1-3-7-13)15-8-4-5-9-16(15)19-14/h1-9,14H,10-12,17H2/t14-/m0/s1. The smallest absolute Gasteiger partial charge is 0.143 e. The molecule has 0 saturated heterocycles. The highest BCUT2D eigenvalue weighted by atomic mass is 16.5. The average molecular weight is 254 g/mol. The lowest BCUT2D eigenvalue weighted by Gasteiger charge is -2.36. The third kappa shape index (κ3) is 2.56. The molecular weight excluding hydrogens is 236 g/mol. The Labute approximate surface area is 113 Å². The summed E-state index contributed by atoms with van der Waals surface area (Å²) in [4.78, 5) is 2.34. The molecule has 0 bridgehead atoms. The van der Waals surface area contributed by atoms with E-state index in [1.165, 1.54) is 5.56 Å². The Morgan fingerprint density at radius 3 is 2.58 bits per heavy atom. The van der Waals surface area contributed by atoms with Crippen LogP contribution in [0.25, 0.3) is 0 Å².